The van der Waals surface area contributed by atoms with Gasteiger partial charge in [0.1, 0.15) is 0 Å². The molecule has 0 saturated carbocycles. The molecule has 0 unspecified atom stereocenters. The minimum absolute atomic E-state index is 0. The molecule has 3 heterocycles. The number of pyridine rings is 2. The number of hydrazone groups is 1. The lowest BCUT2D eigenvalue weighted by Crippen LogP contribution is -2.30. The van der Waals surface area contributed by atoms with Gasteiger partial charge in [0.25, 0.3) is 0 Å². The van der Waals surface area contributed by atoms with E-state index in [-0.39, 0.29) is 17.0 Å². The average molecular weight is 371 g/mol. The van der Waals surface area contributed by atoms with Gasteiger partial charge in [0.2, 0.25) is 5.96 Å². The molecule has 0 aliphatic carbocycles. The number of fused-ring (bicyclic) bond motifs is 2. The minimum atomic E-state index is 0. The molecule has 1 aliphatic rings. The number of aromatic nitrogens is 2. The Morgan fingerprint density at radius 3 is 3.04 bits per heavy atom. The summed E-state index contributed by atoms with van der Waals surface area (Å²) in [6, 6.07) is 10.1. The highest BCUT2D eigenvalue weighted by Gasteiger charge is 2.04. The van der Waals surface area contributed by atoms with Gasteiger partial charge < -0.3 is 5.32 Å². The summed E-state index contributed by atoms with van der Waals surface area (Å²) >= 11 is 0. The van der Waals surface area contributed by atoms with Crippen molar-refractivity contribution in [2.75, 3.05) is 13.1 Å². The van der Waals surface area contributed by atoms with Gasteiger partial charge in [-0.15, -0.1) is 17.0 Å². The third-order valence-electron chi connectivity index (χ3n) is 3.52. The van der Waals surface area contributed by atoms with Crippen molar-refractivity contribution in [3.63, 3.8) is 0 Å². The second-order valence-corrected chi connectivity index (χ2v) is 5.00. The Labute approximate surface area is 143 Å². The van der Waals surface area contributed by atoms with E-state index < -0.39 is 0 Å². The van der Waals surface area contributed by atoms with Crippen molar-refractivity contribution in [1.29, 1.82) is 0 Å². The van der Waals surface area contributed by atoms with Crippen LogP contribution in [0.2, 0.25) is 0 Å². The summed E-state index contributed by atoms with van der Waals surface area (Å²) in [6.07, 6.45) is 5.32. The molecule has 116 valence electrons. The summed E-state index contributed by atoms with van der Waals surface area (Å²) < 4.78 is 0. The van der Waals surface area contributed by atoms with Gasteiger partial charge in [-0.25, -0.2) is 15.4 Å². The fraction of sp³-hybridized carbons (Fsp3) is 0.125. The van der Waals surface area contributed by atoms with Crippen LogP contribution in [0.4, 0.5) is 0 Å². The Hall–Kier alpha value is -2.54. The number of hydrogen-bond acceptors (Lipinski definition) is 6. The van der Waals surface area contributed by atoms with E-state index in [0.717, 1.165) is 40.5 Å². The summed E-state index contributed by atoms with van der Waals surface area (Å²) in [5.41, 5.74) is 5.65. The van der Waals surface area contributed by atoms with Gasteiger partial charge in [-0.2, -0.15) is 5.10 Å². The van der Waals surface area contributed by atoms with Crippen molar-refractivity contribution in [2.45, 2.75) is 0 Å². The second-order valence-electron chi connectivity index (χ2n) is 5.00. The lowest BCUT2D eigenvalue weighted by molar-refractivity contribution is 0.920. The third kappa shape index (κ3) is 3.14. The number of hydrogen-bond donors (Lipinski definition) is 2. The van der Waals surface area contributed by atoms with Crippen molar-refractivity contribution in [1.82, 2.24) is 20.7 Å². The highest BCUT2D eigenvalue weighted by atomic mass is 79.9. The van der Waals surface area contributed by atoms with Crippen molar-refractivity contribution in [2.24, 2.45) is 10.1 Å². The Balaban J connectivity index is 0.00000156. The quantitative estimate of drug-likeness (QED) is 0.412. The van der Waals surface area contributed by atoms with E-state index >= 15 is 0 Å². The van der Waals surface area contributed by atoms with Crippen LogP contribution in [-0.2, 0) is 0 Å². The van der Waals surface area contributed by atoms with Gasteiger partial charge in [-0.1, -0.05) is 18.2 Å². The van der Waals surface area contributed by atoms with E-state index in [1.54, 1.807) is 18.6 Å². The maximum atomic E-state index is 4.70. The first-order chi connectivity index (χ1) is 10.9. The molecule has 0 fully saturated rings. The van der Waals surface area contributed by atoms with E-state index in [9.17, 15) is 0 Å². The molecule has 2 N–H and O–H groups in total. The topological polar surface area (TPSA) is 74.6 Å². The van der Waals surface area contributed by atoms with E-state index in [1.807, 2.05) is 18.2 Å². The lowest BCUT2D eigenvalue weighted by atomic mass is 10.1. The van der Waals surface area contributed by atoms with Crippen molar-refractivity contribution in [3.05, 3.63) is 48.3 Å². The average Bonchev–Trinajstić information content (AvgIpc) is 3.07. The van der Waals surface area contributed by atoms with Crippen LogP contribution in [0.1, 0.15) is 5.56 Å². The number of nitrogens with zero attached hydrogens (tertiary/aromatic N) is 4. The third-order valence-corrected chi connectivity index (χ3v) is 3.52. The summed E-state index contributed by atoms with van der Waals surface area (Å²) in [6.45, 7) is 1.64. The molecule has 0 spiro atoms. The van der Waals surface area contributed by atoms with Crippen LogP contribution >= 0.6 is 17.0 Å². The first-order valence-electron chi connectivity index (χ1n) is 7.11. The molecule has 0 radical (unpaired) electrons. The molecule has 0 atom stereocenters. The molecule has 3 aromatic rings. The zero-order valence-corrected chi connectivity index (χ0v) is 13.9. The first kappa shape index (κ1) is 15.4. The van der Waals surface area contributed by atoms with Crippen molar-refractivity contribution in [3.8, 4) is 0 Å². The van der Waals surface area contributed by atoms with Crippen molar-refractivity contribution >= 4 is 51.0 Å². The monoisotopic (exact) mass is 370 g/mol. The normalized spacial score (nSPS) is 13.8. The number of benzene rings is 1. The van der Waals surface area contributed by atoms with Crippen LogP contribution in [0.25, 0.3) is 21.8 Å². The highest BCUT2D eigenvalue weighted by Crippen LogP contribution is 2.20. The SMILES string of the molecule is Br.C(=N\NC1=NCCN1)/c1cccc2cc3ccncc3nc12. The smallest absolute Gasteiger partial charge is 0.212 e. The fourth-order valence-corrected chi connectivity index (χ4v) is 2.47. The van der Waals surface area contributed by atoms with Crippen LogP contribution in [-0.4, -0.2) is 35.2 Å². The first-order valence-corrected chi connectivity index (χ1v) is 7.11. The van der Waals surface area contributed by atoms with Crippen molar-refractivity contribution < 1.29 is 0 Å². The molecule has 23 heavy (non-hydrogen) atoms. The number of rotatable bonds is 2. The Morgan fingerprint density at radius 2 is 2.17 bits per heavy atom. The fourth-order valence-electron chi connectivity index (χ4n) is 2.47. The summed E-state index contributed by atoms with van der Waals surface area (Å²) in [5, 5.41) is 9.50. The largest absolute Gasteiger partial charge is 0.353 e. The molecule has 7 heteroatoms. The van der Waals surface area contributed by atoms with E-state index in [1.165, 1.54) is 0 Å². The molecule has 2 aromatic heterocycles. The van der Waals surface area contributed by atoms with Crippen LogP contribution in [0, 0.1) is 0 Å². The van der Waals surface area contributed by atoms with E-state index in [4.69, 9.17) is 4.98 Å². The predicted octanol–water partition coefficient (Wildman–Crippen LogP) is 2.24. The molecular formula is C16H15BrN6. The van der Waals surface area contributed by atoms with E-state index in [2.05, 4.69) is 38.0 Å². The standard InChI is InChI=1S/C16H14N6.BrH/c1-2-12-8-11-4-5-17-10-14(11)21-15(12)13(3-1)9-20-22-16-18-6-7-19-16;/h1-5,8-10H,6-7H2,(H2,18,19,22);1H/b20-9+;. The van der Waals surface area contributed by atoms with E-state index in [0.29, 0.717) is 5.96 Å². The van der Waals surface area contributed by atoms with Gasteiger partial charge in [-0.3, -0.25) is 4.98 Å². The summed E-state index contributed by atoms with van der Waals surface area (Å²) in [4.78, 5) is 13.1. The summed E-state index contributed by atoms with van der Waals surface area (Å²) in [5.74, 6) is 0.707. The number of nitrogens with one attached hydrogen (secondary N) is 2. The Bertz CT molecular complexity index is 905. The van der Waals surface area contributed by atoms with Gasteiger partial charge in [-0.05, 0) is 12.1 Å². The number of halogens is 1. The number of aliphatic imine (C=N–C) groups is 1. The molecular weight excluding hydrogens is 356 g/mol. The number of para-hydroxylation sites is 1. The second kappa shape index (κ2) is 6.70. The molecule has 6 nitrogen and oxygen atoms in total. The maximum absolute atomic E-state index is 4.70. The predicted molar refractivity (Wildman–Crippen MR) is 98.4 cm³/mol. The van der Waals surface area contributed by atoms with Gasteiger partial charge in [0, 0.05) is 29.1 Å². The minimum Gasteiger partial charge on any atom is -0.353 e. The molecule has 1 aromatic carbocycles. The van der Waals surface area contributed by atoms with Crippen LogP contribution in [0.15, 0.2) is 52.8 Å². The van der Waals surface area contributed by atoms with Gasteiger partial charge in [0.15, 0.2) is 0 Å². The van der Waals surface area contributed by atoms with Gasteiger partial charge >= 0.3 is 0 Å². The Kier molecular flexibility index (Phi) is 4.47. The maximum Gasteiger partial charge on any atom is 0.212 e. The summed E-state index contributed by atoms with van der Waals surface area (Å²) in [7, 11) is 0. The number of guanidine groups is 1. The molecule has 0 bridgehead atoms. The molecule has 0 saturated heterocycles. The zero-order valence-electron chi connectivity index (χ0n) is 12.2. The van der Waals surface area contributed by atoms with Crippen LogP contribution in [0.5, 0.6) is 0 Å². The molecule has 1 aliphatic heterocycles. The van der Waals surface area contributed by atoms with Crippen LogP contribution < -0.4 is 10.7 Å². The zero-order chi connectivity index (χ0) is 14.8. The Morgan fingerprint density at radius 1 is 1.22 bits per heavy atom. The molecule has 4 rings (SSSR count). The van der Waals surface area contributed by atoms with Gasteiger partial charge in [0.05, 0.1) is 30.0 Å². The molecule has 0 amide bonds. The highest BCUT2D eigenvalue weighted by molar-refractivity contribution is 8.93. The van der Waals surface area contributed by atoms with Crippen LogP contribution in [0.3, 0.4) is 0 Å². The lowest BCUT2D eigenvalue weighted by Gasteiger charge is -2.04.